The van der Waals surface area contributed by atoms with Crippen LogP contribution in [-0.4, -0.2) is 30.2 Å². The lowest BCUT2D eigenvalue weighted by atomic mass is 9.87. The number of rotatable bonds is 5. The number of hydrogen-bond acceptors (Lipinski definition) is 3. The molecule has 1 amide bonds. The largest absolute Gasteiger partial charge is 0.344 e. The van der Waals surface area contributed by atoms with Crippen LogP contribution in [0.1, 0.15) is 32.8 Å². The van der Waals surface area contributed by atoms with Gasteiger partial charge in [0.05, 0.1) is 18.2 Å². The molecule has 0 heterocycles. The lowest BCUT2D eigenvalue weighted by Gasteiger charge is -2.19. The van der Waals surface area contributed by atoms with Crippen molar-refractivity contribution in [3.05, 3.63) is 29.8 Å². The first-order chi connectivity index (χ1) is 9.34. The average Bonchev–Trinajstić information content (AvgIpc) is 2.41. The molecule has 0 aromatic heterocycles. The standard InChI is InChI=1S/C16H22N2OS/c1-16(2,3)13-6-8-14(9-7-13)20-12-15(19)18(4)11-5-10-17/h6-9H,5,11-12H2,1-4H3. The van der Waals surface area contributed by atoms with Crippen molar-refractivity contribution < 1.29 is 4.79 Å². The van der Waals surface area contributed by atoms with E-state index in [4.69, 9.17) is 5.26 Å². The van der Waals surface area contributed by atoms with E-state index >= 15 is 0 Å². The van der Waals surface area contributed by atoms with Crippen LogP contribution in [0, 0.1) is 11.3 Å². The van der Waals surface area contributed by atoms with Crippen LogP contribution in [0.4, 0.5) is 0 Å². The molecule has 0 unspecified atom stereocenters. The summed E-state index contributed by atoms with van der Waals surface area (Å²) in [5, 5.41) is 8.50. The van der Waals surface area contributed by atoms with Crippen molar-refractivity contribution in [2.45, 2.75) is 37.5 Å². The van der Waals surface area contributed by atoms with E-state index in [1.165, 1.54) is 17.3 Å². The molecule has 0 spiro atoms. The third-order valence-corrected chi connectivity index (χ3v) is 4.06. The third-order valence-electron chi connectivity index (χ3n) is 3.07. The lowest BCUT2D eigenvalue weighted by molar-refractivity contribution is -0.127. The summed E-state index contributed by atoms with van der Waals surface area (Å²) in [6.45, 7) is 7.05. The molecule has 0 fully saturated rings. The summed E-state index contributed by atoms with van der Waals surface area (Å²) >= 11 is 1.54. The van der Waals surface area contributed by atoms with E-state index in [1.807, 2.05) is 6.07 Å². The van der Waals surface area contributed by atoms with Crippen molar-refractivity contribution >= 4 is 17.7 Å². The van der Waals surface area contributed by atoms with Gasteiger partial charge in [-0.1, -0.05) is 32.9 Å². The van der Waals surface area contributed by atoms with E-state index < -0.39 is 0 Å². The summed E-state index contributed by atoms with van der Waals surface area (Å²) in [7, 11) is 1.74. The van der Waals surface area contributed by atoms with Gasteiger partial charge in [0, 0.05) is 18.5 Å². The van der Waals surface area contributed by atoms with Crippen molar-refractivity contribution in [1.82, 2.24) is 4.90 Å². The summed E-state index contributed by atoms with van der Waals surface area (Å²) in [6.07, 6.45) is 0.382. The second kappa shape index (κ2) is 7.35. The molecule has 0 N–H and O–H groups in total. The van der Waals surface area contributed by atoms with Crippen LogP contribution >= 0.6 is 11.8 Å². The Hall–Kier alpha value is -1.47. The molecular weight excluding hydrogens is 268 g/mol. The summed E-state index contributed by atoms with van der Waals surface area (Å²) < 4.78 is 0. The molecule has 20 heavy (non-hydrogen) atoms. The Morgan fingerprint density at radius 3 is 2.40 bits per heavy atom. The first-order valence-electron chi connectivity index (χ1n) is 6.69. The fraction of sp³-hybridized carbons (Fsp3) is 0.500. The topological polar surface area (TPSA) is 44.1 Å². The molecule has 0 saturated carbocycles. The Kier molecular flexibility index (Phi) is 6.09. The van der Waals surface area contributed by atoms with E-state index in [-0.39, 0.29) is 11.3 Å². The van der Waals surface area contributed by atoms with Crippen LogP contribution in [0.5, 0.6) is 0 Å². The first kappa shape index (κ1) is 16.6. The van der Waals surface area contributed by atoms with Gasteiger partial charge in [-0.2, -0.15) is 5.26 Å². The minimum absolute atomic E-state index is 0.0603. The molecule has 3 nitrogen and oxygen atoms in total. The van der Waals surface area contributed by atoms with Crippen LogP contribution < -0.4 is 0 Å². The molecular formula is C16H22N2OS. The maximum Gasteiger partial charge on any atom is 0.232 e. The van der Waals surface area contributed by atoms with Gasteiger partial charge in [-0.05, 0) is 23.1 Å². The quantitative estimate of drug-likeness (QED) is 0.780. The van der Waals surface area contributed by atoms with Crippen molar-refractivity contribution in [3.8, 4) is 6.07 Å². The van der Waals surface area contributed by atoms with E-state index in [1.54, 1.807) is 11.9 Å². The molecule has 108 valence electrons. The van der Waals surface area contributed by atoms with Gasteiger partial charge < -0.3 is 4.90 Å². The van der Waals surface area contributed by atoms with E-state index in [2.05, 4.69) is 45.0 Å². The van der Waals surface area contributed by atoms with Gasteiger partial charge in [0.15, 0.2) is 0 Å². The van der Waals surface area contributed by atoms with Gasteiger partial charge in [-0.3, -0.25) is 4.79 Å². The van der Waals surface area contributed by atoms with Crippen LogP contribution in [0.15, 0.2) is 29.2 Å². The number of nitriles is 1. The Morgan fingerprint density at radius 2 is 1.90 bits per heavy atom. The average molecular weight is 290 g/mol. The molecule has 4 heteroatoms. The molecule has 0 saturated heterocycles. The van der Waals surface area contributed by atoms with E-state index in [0.29, 0.717) is 18.7 Å². The van der Waals surface area contributed by atoms with Crippen LogP contribution in [0.2, 0.25) is 0 Å². The molecule has 0 aliphatic heterocycles. The molecule has 0 aliphatic carbocycles. The van der Waals surface area contributed by atoms with Crippen molar-refractivity contribution in [3.63, 3.8) is 0 Å². The Labute approximate surface area is 126 Å². The van der Waals surface area contributed by atoms with Crippen LogP contribution in [-0.2, 0) is 10.2 Å². The minimum atomic E-state index is 0.0603. The normalized spacial score (nSPS) is 10.9. The molecule has 0 aliphatic rings. The minimum Gasteiger partial charge on any atom is -0.344 e. The number of benzene rings is 1. The molecule has 1 aromatic rings. The summed E-state index contributed by atoms with van der Waals surface area (Å²) in [5.41, 5.74) is 1.44. The zero-order valence-corrected chi connectivity index (χ0v) is 13.5. The molecule has 1 rings (SSSR count). The van der Waals surface area contributed by atoms with E-state index in [9.17, 15) is 4.79 Å². The van der Waals surface area contributed by atoms with Crippen LogP contribution in [0.25, 0.3) is 0 Å². The highest BCUT2D eigenvalue weighted by Crippen LogP contribution is 2.25. The number of thioether (sulfide) groups is 1. The molecule has 0 radical (unpaired) electrons. The van der Waals surface area contributed by atoms with Gasteiger partial charge >= 0.3 is 0 Å². The van der Waals surface area contributed by atoms with E-state index in [0.717, 1.165) is 4.90 Å². The summed E-state index contributed by atoms with van der Waals surface area (Å²) in [6, 6.07) is 10.4. The number of carbonyl (C=O) groups excluding carboxylic acids is 1. The second-order valence-electron chi connectivity index (χ2n) is 5.79. The molecule has 0 bridgehead atoms. The number of hydrogen-bond donors (Lipinski definition) is 0. The van der Waals surface area contributed by atoms with Gasteiger partial charge in [0.2, 0.25) is 5.91 Å². The highest BCUT2D eigenvalue weighted by molar-refractivity contribution is 8.00. The van der Waals surface area contributed by atoms with Gasteiger partial charge in [-0.15, -0.1) is 11.8 Å². The van der Waals surface area contributed by atoms with Gasteiger partial charge in [-0.25, -0.2) is 0 Å². The maximum absolute atomic E-state index is 11.8. The van der Waals surface area contributed by atoms with Gasteiger partial charge in [0.1, 0.15) is 0 Å². The third kappa shape index (κ3) is 5.26. The first-order valence-corrected chi connectivity index (χ1v) is 7.67. The number of carbonyl (C=O) groups is 1. The predicted octanol–water partition coefficient (Wildman–Crippen LogP) is 3.45. The lowest BCUT2D eigenvalue weighted by Crippen LogP contribution is -2.29. The Balaban J connectivity index is 2.50. The highest BCUT2D eigenvalue weighted by Gasteiger charge is 2.13. The highest BCUT2D eigenvalue weighted by atomic mass is 32.2. The van der Waals surface area contributed by atoms with Gasteiger partial charge in [0.25, 0.3) is 0 Å². The van der Waals surface area contributed by atoms with Crippen LogP contribution in [0.3, 0.4) is 0 Å². The fourth-order valence-corrected chi connectivity index (χ4v) is 2.49. The smallest absolute Gasteiger partial charge is 0.232 e. The number of nitrogens with zero attached hydrogens (tertiary/aromatic N) is 2. The van der Waals surface area contributed by atoms with Crippen molar-refractivity contribution in [2.75, 3.05) is 19.3 Å². The van der Waals surface area contributed by atoms with Crippen molar-refractivity contribution in [2.24, 2.45) is 0 Å². The monoisotopic (exact) mass is 290 g/mol. The maximum atomic E-state index is 11.8. The van der Waals surface area contributed by atoms with Crippen molar-refractivity contribution in [1.29, 1.82) is 5.26 Å². The summed E-state index contributed by atoms with van der Waals surface area (Å²) in [5.74, 6) is 0.474. The fourth-order valence-electron chi connectivity index (χ4n) is 1.65. The second-order valence-corrected chi connectivity index (χ2v) is 6.84. The predicted molar refractivity (Wildman–Crippen MR) is 83.7 cm³/mol. The molecule has 1 aromatic carbocycles. The zero-order valence-electron chi connectivity index (χ0n) is 12.6. The SMILES string of the molecule is CN(CCC#N)C(=O)CSc1ccc(C(C)(C)C)cc1. The number of amides is 1. The molecule has 0 atom stereocenters. The Bertz CT molecular complexity index is 483. The Morgan fingerprint density at radius 1 is 1.30 bits per heavy atom. The summed E-state index contributed by atoms with van der Waals surface area (Å²) in [4.78, 5) is 14.6. The zero-order chi connectivity index (χ0) is 15.2.